The average Bonchev–Trinajstić information content (AvgIpc) is 2.71. The first kappa shape index (κ1) is 14.3. The van der Waals surface area contributed by atoms with Crippen molar-refractivity contribution in [2.75, 3.05) is 0 Å². The molecule has 0 radical (unpaired) electrons. The molecule has 19 heavy (non-hydrogen) atoms. The molecule has 4 nitrogen and oxygen atoms in total. The number of thioether (sulfide) groups is 1. The summed E-state index contributed by atoms with van der Waals surface area (Å²) in [4.78, 5) is 11.5. The number of hydrogen-bond acceptors (Lipinski definition) is 3. The smallest absolute Gasteiger partial charge is 0.270 e. The Balaban J connectivity index is 2.12. The SMILES string of the molecule is CCCn1c(SCc2ccc(Br)cc2F)n[nH]c1=O. The maximum atomic E-state index is 13.7. The summed E-state index contributed by atoms with van der Waals surface area (Å²) >= 11 is 4.56. The van der Waals surface area contributed by atoms with Crippen LogP contribution < -0.4 is 5.69 Å². The van der Waals surface area contributed by atoms with Crippen molar-refractivity contribution in [3.63, 3.8) is 0 Å². The number of nitrogens with zero attached hydrogens (tertiary/aromatic N) is 2. The van der Waals surface area contributed by atoms with Crippen LogP contribution in [0.4, 0.5) is 4.39 Å². The highest BCUT2D eigenvalue weighted by molar-refractivity contribution is 9.10. The van der Waals surface area contributed by atoms with Crippen molar-refractivity contribution in [1.29, 1.82) is 0 Å². The van der Waals surface area contributed by atoms with Crippen molar-refractivity contribution in [1.82, 2.24) is 14.8 Å². The van der Waals surface area contributed by atoms with Gasteiger partial charge in [-0.3, -0.25) is 4.57 Å². The lowest BCUT2D eigenvalue weighted by atomic mass is 10.2. The second kappa shape index (κ2) is 6.38. The van der Waals surface area contributed by atoms with Crippen LogP contribution in [0.3, 0.4) is 0 Å². The van der Waals surface area contributed by atoms with E-state index in [4.69, 9.17) is 0 Å². The van der Waals surface area contributed by atoms with Crippen LogP contribution in [0.15, 0.2) is 32.6 Å². The van der Waals surface area contributed by atoms with E-state index < -0.39 is 0 Å². The third-order valence-electron chi connectivity index (χ3n) is 2.54. The molecule has 0 aliphatic carbocycles. The number of halogens is 2. The molecule has 0 amide bonds. The number of rotatable bonds is 5. The predicted octanol–water partition coefficient (Wildman–Crippen LogP) is 3.18. The number of aromatic amines is 1. The molecule has 0 aliphatic rings. The number of benzene rings is 1. The Morgan fingerprint density at radius 2 is 2.32 bits per heavy atom. The highest BCUT2D eigenvalue weighted by Crippen LogP contribution is 2.23. The van der Waals surface area contributed by atoms with Crippen molar-refractivity contribution in [3.05, 3.63) is 44.5 Å². The molecular weight excluding hydrogens is 333 g/mol. The molecule has 0 saturated carbocycles. The molecule has 1 aromatic heterocycles. The van der Waals surface area contributed by atoms with Crippen molar-refractivity contribution < 1.29 is 4.39 Å². The Bertz CT molecular complexity index is 626. The highest BCUT2D eigenvalue weighted by Gasteiger charge is 2.10. The summed E-state index contributed by atoms with van der Waals surface area (Å²) in [7, 11) is 0. The van der Waals surface area contributed by atoms with Crippen LogP contribution in [0.25, 0.3) is 0 Å². The predicted molar refractivity (Wildman–Crippen MR) is 76.8 cm³/mol. The van der Waals surface area contributed by atoms with Crippen LogP contribution in [-0.2, 0) is 12.3 Å². The monoisotopic (exact) mass is 345 g/mol. The van der Waals surface area contributed by atoms with E-state index >= 15 is 0 Å². The molecule has 0 bridgehead atoms. The first-order chi connectivity index (χ1) is 9.11. The van der Waals surface area contributed by atoms with E-state index in [-0.39, 0.29) is 11.5 Å². The third kappa shape index (κ3) is 3.48. The zero-order valence-corrected chi connectivity index (χ0v) is 12.7. The van der Waals surface area contributed by atoms with E-state index in [0.29, 0.717) is 27.5 Å². The first-order valence-corrected chi connectivity index (χ1v) is 7.61. The van der Waals surface area contributed by atoms with Gasteiger partial charge in [-0.1, -0.05) is 40.7 Å². The van der Waals surface area contributed by atoms with Gasteiger partial charge in [0.15, 0.2) is 5.16 Å². The number of H-pyrrole nitrogens is 1. The van der Waals surface area contributed by atoms with Crippen molar-refractivity contribution >= 4 is 27.7 Å². The number of nitrogens with one attached hydrogen (secondary N) is 1. The molecule has 0 unspecified atom stereocenters. The van der Waals surface area contributed by atoms with Gasteiger partial charge >= 0.3 is 5.69 Å². The summed E-state index contributed by atoms with van der Waals surface area (Å²) in [6.07, 6.45) is 0.847. The first-order valence-electron chi connectivity index (χ1n) is 5.83. The maximum absolute atomic E-state index is 13.7. The van der Waals surface area contributed by atoms with Gasteiger partial charge in [-0.2, -0.15) is 0 Å². The Morgan fingerprint density at radius 3 is 3.00 bits per heavy atom. The zero-order chi connectivity index (χ0) is 13.8. The molecular formula is C12H13BrFN3OS. The van der Waals surface area contributed by atoms with Crippen LogP contribution in [-0.4, -0.2) is 14.8 Å². The van der Waals surface area contributed by atoms with Crippen LogP contribution in [0.1, 0.15) is 18.9 Å². The van der Waals surface area contributed by atoms with Crippen molar-refractivity contribution in [3.8, 4) is 0 Å². The summed E-state index contributed by atoms with van der Waals surface area (Å²) in [6, 6.07) is 4.95. The lowest BCUT2D eigenvalue weighted by Crippen LogP contribution is -2.17. The van der Waals surface area contributed by atoms with Gasteiger partial charge in [-0.25, -0.2) is 14.3 Å². The quantitative estimate of drug-likeness (QED) is 0.846. The Morgan fingerprint density at radius 1 is 1.53 bits per heavy atom. The van der Waals surface area contributed by atoms with Gasteiger partial charge in [-0.15, -0.1) is 5.10 Å². The van der Waals surface area contributed by atoms with Gasteiger partial charge in [0.25, 0.3) is 0 Å². The summed E-state index contributed by atoms with van der Waals surface area (Å²) in [5.74, 6) is 0.175. The van der Waals surface area contributed by atoms with E-state index in [2.05, 4.69) is 26.1 Å². The molecule has 0 spiro atoms. The molecule has 0 aliphatic heterocycles. The van der Waals surface area contributed by atoms with Gasteiger partial charge in [-0.05, 0) is 24.1 Å². The number of aromatic nitrogens is 3. The van der Waals surface area contributed by atoms with Crippen LogP contribution in [0.2, 0.25) is 0 Å². The molecule has 1 aromatic carbocycles. The van der Waals surface area contributed by atoms with Gasteiger partial charge in [0, 0.05) is 16.8 Å². The Kier molecular flexibility index (Phi) is 4.81. The fourth-order valence-electron chi connectivity index (χ4n) is 1.62. The van der Waals surface area contributed by atoms with E-state index in [9.17, 15) is 9.18 Å². The van der Waals surface area contributed by atoms with Gasteiger partial charge in [0.1, 0.15) is 5.82 Å². The van der Waals surface area contributed by atoms with E-state index in [1.165, 1.54) is 17.8 Å². The molecule has 2 rings (SSSR count). The Labute approximate surface area is 122 Å². The lowest BCUT2D eigenvalue weighted by molar-refractivity contribution is 0.602. The average molecular weight is 346 g/mol. The Hall–Kier alpha value is -1.08. The second-order valence-corrected chi connectivity index (χ2v) is 5.85. The van der Waals surface area contributed by atoms with Crippen molar-refractivity contribution in [2.24, 2.45) is 0 Å². The van der Waals surface area contributed by atoms with Crippen LogP contribution >= 0.6 is 27.7 Å². The standard InChI is InChI=1S/C12H13BrFN3OS/c1-2-5-17-11(18)15-16-12(17)19-7-8-3-4-9(13)6-10(8)14/h3-4,6H,2,5,7H2,1H3,(H,15,18). The third-order valence-corrected chi connectivity index (χ3v) is 4.06. The normalized spacial score (nSPS) is 10.9. The lowest BCUT2D eigenvalue weighted by Gasteiger charge is -2.05. The van der Waals surface area contributed by atoms with Crippen LogP contribution in [0, 0.1) is 5.82 Å². The summed E-state index contributed by atoms with van der Waals surface area (Å²) in [5.41, 5.74) is 0.368. The minimum absolute atomic E-state index is 0.222. The summed E-state index contributed by atoms with van der Waals surface area (Å²) < 4.78 is 15.9. The van der Waals surface area contributed by atoms with Gasteiger partial charge < -0.3 is 0 Å². The maximum Gasteiger partial charge on any atom is 0.343 e. The topological polar surface area (TPSA) is 50.7 Å². The zero-order valence-electron chi connectivity index (χ0n) is 10.3. The van der Waals surface area contributed by atoms with Crippen LogP contribution in [0.5, 0.6) is 0 Å². The molecule has 0 fully saturated rings. The fraction of sp³-hybridized carbons (Fsp3) is 0.333. The van der Waals surface area contributed by atoms with E-state index in [1.54, 1.807) is 16.7 Å². The van der Waals surface area contributed by atoms with E-state index in [0.717, 1.165) is 6.42 Å². The summed E-state index contributed by atoms with van der Waals surface area (Å²) in [6.45, 7) is 2.60. The molecule has 102 valence electrons. The minimum Gasteiger partial charge on any atom is -0.270 e. The second-order valence-electron chi connectivity index (χ2n) is 3.99. The molecule has 7 heteroatoms. The molecule has 0 saturated heterocycles. The molecule has 0 atom stereocenters. The molecule has 1 N–H and O–H groups in total. The summed E-state index contributed by atoms with van der Waals surface area (Å²) in [5, 5.41) is 6.96. The van der Waals surface area contributed by atoms with Crippen molar-refractivity contribution in [2.45, 2.75) is 30.8 Å². The fourth-order valence-corrected chi connectivity index (χ4v) is 2.91. The largest absolute Gasteiger partial charge is 0.343 e. The molecule has 1 heterocycles. The van der Waals surface area contributed by atoms with E-state index in [1.807, 2.05) is 6.92 Å². The highest BCUT2D eigenvalue weighted by atomic mass is 79.9. The minimum atomic E-state index is -0.262. The number of hydrogen-bond donors (Lipinski definition) is 1. The van der Waals surface area contributed by atoms with Gasteiger partial charge in [0.2, 0.25) is 0 Å². The molecule has 2 aromatic rings. The van der Waals surface area contributed by atoms with Gasteiger partial charge in [0.05, 0.1) is 0 Å².